The van der Waals surface area contributed by atoms with Crippen molar-refractivity contribution in [3.63, 3.8) is 0 Å². The van der Waals surface area contributed by atoms with Gasteiger partial charge in [0.05, 0.1) is 5.75 Å². The van der Waals surface area contributed by atoms with E-state index < -0.39 is 11.7 Å². The number of thioether (sulfide) groups is 1. The molecule has 0 saturated carbocycles. The SMILES string of the molecule is CC(C)(C)OC(=O)N1CCN(C(=O)CSc2nnc(C3COc4ccccc4O3)o2)CC1. The number of carbonyl (C=O) groups excluding carboxylic acids is 2. The van der Waals surface area contributed by atoms with Crippen LogP contribution in [0.15, 0.2) is 33.9 Å². The molecule has 1 fully saturated rings. The highest BCUT2D eigenvalue weighted by atomic mass is 32.2. The van der Waals surface area contributed by atoms with Crippen LogP contribution in [0, 0.1) is 0 Å². The maximum absolute atomic E-state index is 12.6. The third kappa shape index (κ3) is 5.45. The van der Waals surface area contributed by atoms with Gasteiger partial charge in [0, 0.05) is 26.2 Å². The van der Waals surface area contributed by atoms with Crippen molar-refractivity contribution in [3.05, 3.63) is 30.2 Å². The molecular formula is C21H26N4O6S. The molecule has 10 nitrogen and oxygen atoms in total. The van der Waals surface area contributed by atoms with Crippen LogP contribution in [0.3, 0.4) is 0 Å². The van der Waals surface area contributed by atoms with Crippen molar-refractivity contribution in [2.75, 3.05) is 38.5 Å². The van der Waals surface area contributed by atoms with E-state index in [9.17, 15) is 9.59 Å². The Labute approximate surface area is 190 Å². The number of nitrogens with zero attached hydrogens (tertiary/aromatic N) is 4. The van der Waals surface area contributed by atoms with E-state index >= 15 is 0 Å². The van der Waals surface area contributed by atoms with Gasteiger partial charge in [0.1, 0.15) is 12.2 Å². The van der Waals surface area contributed by atoms with E-state index in [1.54, 1.807) is 9.80 Å². The molecule has 0 aliphatic carbocycles. The molecule has 2 aliphatic rings. The fraction of sp³-hybridized carbons (Fsp3) is 0.524. The van der Waals surface area contributed by atoms with Crippen molar-refractivity contribution in [1.29, 1.82) is 0 Å². The molecule has 1 saturated heterocycles. The van der Waals surface area contributed by atoms with Crippen molar-refractivity contribution in [2.24, 2.45) is 0 Å². The van der Waals surface area contributed by atoms with Crippen molar-refractivity contribution < 1.29 is 28.2 Å². The summed E-state index contributed by atoms with van der Waals surface area (Å²) in [5, 5.41) is 8.34. The van der Waals surface area contributed by atoms with Gasteiger partial charge in [-0.05, 0) is 32.9 Å². The molecule has 11 heteroatoms. The normalized spacial score (nSPS) is 18.4. The molecular weight excluding hydrogens is 436 g/mol. The third-order valence-corrected chi connectivity index (χ3v) is 5.61. The van der Waals surface area contributed by atoms with Gasteiger partial charge < -0.3 is 28.4 Å². The van der Waals surface area contributed by atoms with Gasteiger partial charge >= 0.3 is 6.09 Å². The lowest BCUT2D eigenvalue weighted by molar-refractivity contribution is -0.130. The molecule has 172 valence electrons. The summed E-state index contributed by atoms with van der Waals surface area (Å²) in [6, 6.07) is 7.38. The van der Waals surface area contributed by atoms with Gasteiger partial charge in [-0.1, -0.05) is 23.9 Å². The molecule has 3 heterocycles. The lowest BCUT2D eigenvalue weighted by atomic mass is 10.2. The average molecular weight is 463 g/mol. The highest BCUT2D eigenvalue weighted by molar-refractivity contribution is 7.99. The summed E-state index contributed by atoms with van der Waals surface area (Å²) in [6.45, 7) is 7.56. The number of hydrogen-bond donors (Lipinski definition) is 0. The molecule has 1 atom stereocenters. The average Bonchev–Trinajstić information content (AvgIpc) is 3.25. The summed E-state index contributed by atoms with van der Waals surface area (Å²) >= 11 is 1.17. The lowest BCUT2D eigenvalue weighted by Crippen LogP contribution is -2.52. The maximum atomic E-state index is 12.6. The van der Waals surface area contributed by atoms with Gasteiger partial charge in [0.15, 0.2) is 11.5 Å². The van der Waals surface area contributed by atoms with Crippen LogP contribution in [0.25, 0.3) is 0 Å². The summed E-state index contributed by atoms with van der Waals surface area (Å²) in [5.74, 6) is 1.72. The third-order valence-electron chi connectivity index (χ3n) is 4.81. The summed E-state index contributed by atoms with van der Waals surface area (Å²) in [4.78, 5) is 28.1. The Morgan fingerprint density at radius 1 is 1.09 bits per heavy atom. The van der Waals surface area contributed by atoms with Gasteiger partial charge in [0.2, 0.25) is 12.0 Å². The summed E-state index contributed by atoms with van der Waals surface area (Å²) in [6.07, 6.45) is -0.850. The van der Waals surface area contributed by atoms with E-state index in [1.165, 1.54) is 11.8 Å². The molecule has 2 aliphatic heterocycles. The minimum absolute atomic E-state index is 0.0511. The maximum Gasteiger partial charge on any atom is 0.410 e. The zero-order chi connectivity index (χ0) is 22.7. The number of benzene rings is 1. The van der Waals surface area contributed by atoms with E-state index in [0.717, 1.165) is 0 Å². The molecule has 4 rings (SSSR count). The molecule has 1 aromatic carbocycles. The van der Waals surface area contributed by atoms with Crippen LogP contribution in [0.1, 0.15) is 32.8 Å². The summed E-state index contributed by atoms with van der Waals surface area (Å²) < 4.78 is 22.6. The molecule has 2 aromatic rings. The van der Waals surface area contributed by atoms with Crippen LogP contribution in [-0.2, 0) is 9.53 Å². The number of amides is 2. The zero-order valence-corrected chi connectivity index (χ0v) is 19.1. The summed E-state index contributed by atoms with van der Waals surface area (Å²) in [5.41, 5.74) is -0.540. The quantitative estimate of drug-likeness (QED) is 0.634. The Kier molecular flexibility index (Phi) is 6.45. The highest BCUT2D eigenvalue weighted by Crippen LogP contribution is 2.35. The first-order valence-electron chi connectivity index (χ1n) is 10.4. The van der Waals surface area contributed by atoms with Crippen LogP contribution >= 0.6 is 11.8 Å². The fourth-order valence-electron chi connectivity index (χ4n) is 3.23. The number of piperazine rings is 1. The van der Waals surface area contributed by atoms with Crippen LogP contribution < -0.4 is 9.47 Å². The number of fused-ring (bicyclic) bond motifs is 1. The Hall–Kier alpha value is -2.95. The number of ether oxygens (including phenoxy) is 3. The van der Waals surface area contributed by atoms with Crippen molar-refractivity contribution in [1.82, 2.24) is 20.0 Å². The van der Waals surface area contributed by atoms with Gasteiger partial charge in [-0.15, -0.1) is 10.2 Å². The van der Waals surface area contributed by atoms with Crippen LogP contribution in [0.4, 0.5) is 4.79 Å². The molecule has 0 N–H and O–H groups in total. The smallest absolute Gasteiger partial charge is 0.410 e. The van der Waals surface area contributed by atoms with Crippen LogP contribution in [0.2, 0.25) is 0 Å². The number of hydrogen-bond acceptors (Lipinski definition) is 9. The molecule has 0 bridgehead atoms. The first-order valence-corrected chi connectivity index (χ1v) is 11.4. The van der Waals surface area contributed by atoms with E-state index in [-0.39, 0.29) is 24.4 Å². The van der Waals surface area contributed by atoms with Gasteiger partial charge in [-0.25, -0.2) is 4.79 Å². The van der Waals surface area contributed by atoms with Crippen molar-refractivity contribution >= 4 is 23.8 Å². The monoisotopic (exact) mass is 462 g/mol. The van der Waals surface area contributed by atoms with Gasteiger partial charge in [-0.3, -0.25) is 4.79 Å². The second kappa shape index (κ2) is 9.27. The first-order chi connectivity index (χ1) is 15.3. The van der Waals surface area contributed by atoms with Crippen molar-refractivity contribution in [2.45, 2.75) is 37.7 Å². The fourth-order valence-corrected chi connectivity index (χ4v) is 3.90. The lowest BCUT2D eigenvalue weighted by Gasteiger charge is -2.35. The van der Waals surface area contributed by atoms with Gasteiger partial charge in [0.25, 0.3) is 11.1 Å². The molecule has 0 radical (unpaired) electrons. The zero-order valence-electron chi connectivity index (χ0n) is 18.3. The Morgan fingerprint density at radius 3 is 2.50 bits per heavy atom. The molecule has 2 amide bonds. The Balaban J connectivity index is 1.23. The van der Waals surface area contributed by atoms with E-state index in [0.29, 0.717) is 48.8 Å². The molecule has 1 aromatic heterocycles. The van der Waals surface area contributed by atoms with Crippen LogP contribution in [0.5, 0.6) is 11.5 Å². The number of para-hydroxylation sites is 2. The molecule has 32 heavy (non-hydrogen) atoms. The number of rotatable bonds is 4. The second-order valence-corrected chi connectivity index (χ2v) is 9.33. The number of carbonyl (C=O) groups is 2. The minimum atomic E-state index is -0.540. The summed E-state index contributed by atoms with van der Waals surface area (Å²) in [7, 11) is 0. The first kappa shape index (κ1) is 22.3. The standard InChI is InChI=1S/C21H26N4O6S/c1-21(2,3)31-20(27)25-10-8-24(9-11-25)17(26)13-32-19-23-22-18(30-19)16-12-28-14-6-4-5-7-15(14)29-16/h4-7,16H,8-13H2,1-3H3. The van der Waals surface area contributed by atoms with E-state index in [4.69, 9.17) is 18.6 Å². The molecule has 0 spiro atoms. The predicted octanol–water partition coefficient (Wildman–Crippen LogP) is 2.75. The van der Waals surface area contributed by atoms with Crippen LogP contribution in [-0.4, -0.2) is 76.1 Å². The largest absolute Gasteiger partial charge is 0.485 e. The Bertz CT molecular complexity index is 967. The number of aromatic nitrogens is 2. The van der Waals surface area contributed by atoms with E-state index in [1.807, 2.05) is 45.0 Å². The Morgan fingerprint density at radius 2 is 1.78 bits per heavy atom. The highest BCUT2D eigenvalue weighted by Gasteiger charge is 2.29. The second-order valence-electron chi connectivity index (χ2n) is 8.41. The van der Waals surface area contributed by atoms with Gasteiger partial charge in [-0.2, -0.15) is 0 Å². The topological polar surface area (TPSA) is 107 Å². The van der Waals surface area contributed by atoms with Crippen molar-refractivity contribution in [3.8, 4) is 11.5 Å². The predicted molar refractivity (Wildman–Crippen MR) is 115 cm³/mol. The van der Waals surface area contributed by atoms with E-state index in [2.05, 4.69) is 10.2 Å². The molecule has 1 unspecified atom stereocenters. The minimum Gasteiger partial charge on any atom is -0.485 e.